The first-order valence-corrected chi connectivity index (χ1v) is 7.05. The summed E-state index contributed by atoms with van der Waals surface area (Å²) in [4.78, 5) is 4.31. The fourth-order valence-electron chi connectivity index (χ4n) is 2.10. The van der Waals surface area contributed by atoms with E-state index in [1.54, 1.807) is 11.3 Å². The van der Waals surface area contributed by atoms with Crippen molar-refractivity contribution in [2.75, 3.05) is 0 Å². The molecule has 2 heteroatoms. The summed E-state index contributed by atoms with van der Waals surface area (Å²) in [5.41, 5.74) is 6.91. The smallest absolute Gasteiger partial charge is 0.0812 e. The Hall–Kier alpha value is -1.67. The first kappa shape index (κ1) is 11.4. The Bertz CT molecular complexity index is 665. The molecule has 1 aromatic heterocycles. The number of rotatable bonds is 2. The van der Waals surface area contributed by atoms with Crippen LogP contribution in [-0.2, 0) is 0 Å². The zero-order valence-electron chi connectivity index (χ0n) is 10.6. The number of hydrogen-bond acceptors (Lipinski definition) is 2. The molecular formula is C16H15NS. The lowest BCUT2D eigenvalue weighted by atomic mass is 9.99. The molecular weight excluding hydrogens is 238 g/mol. The molecule has 0 amide bonds. The summed E-state index contributed by atoms with van der Waals surface area (Å²) in [5, 5.41) is 0. The van der Waals surface area contributed by atoms with E-state index in [4.69, 9.17) is 0 Å². The molecule has 0 saturated heterocycles. The van der Waals surface area contributed by atoms with Crippen molar-refractivity contribution < 1.29 is 0 Å². The number of aromatic nitrogens is 1. The summed E-state index contributed by atoms with van der Waals surface area (Å²) in [5.74, 6) is 0.586. The molecule has 1 nitrogen and oxygen atoms in total. The zero-order chi connectivity index (χ0) is 12.5. The van der Waals surface area contributed by atoms with Gasteiger partial charge in [0.25, 0.3) is 0 Å². The summed E-state index contributed by atoms with van der Waals surface area (Å²) < 4.78 is 1.25. The molecule has 2 aromatic carbocycles. The monoisotopic (exact) mass is 253 g/mol. The van der Waals surface area contributed by atoms with Crippen molar-refractivity contribution in [3.8, 4) is 11.1 Å². The van der Waals surface area contributed by atoms with Crippen molar-refractivity contribution in [2.24, 2.45) is 0 Å². The van der Waals surface area contributed by atoms with Crippen molar-refractivity contribution in [3.63, 3.8) is 0 Å². The van der Waals surface area contributed by atoms with Crippen LogP contribution < -0.4 is 0 Å². The second-order valence-corrected chi connectivity index (χ2v) is 5.70. The van der Waals surface area contributed by atoms with E-state index in [9.17, 15) is 0 Å². The normalized spacial score (nSPS) is 11.3. The zero-order valence-corrected chi connectivity index (χ0v) is 11.4. The minimum absolute atomic E-state index is 0.586. The first-order valence-electron chi connectivity index (χ1n) is 6.17. The van der Waals surface area contributed by atoms with Gasteiger partial charge in [-0.25, -0.2) is 4.98 Å². The molecule has 0 aliphatic carbocycles. The van der Waals surface area contributed by atoms with Crippen LogP contribution in [0.5, 0.6) is 0 Å². The third-order valence-corrected chi connectivity index (χ3v) is 4.03. The van der Waals surface area contributed by atoms with E-state index in [-0.39, 0.29) is 0 Å². The predicted octanol–water partition coefficient (Wildman–Crippen LogP) is 5.09. The quantitative estimate of drug-likeness (QED) is 0.620. The lowest BCUT2D eigenvalue weighted by Crippen LogP contribution is -1.86. The summed E-state index contributed by atoms with van der Waals surface area (Å²) >= 11 is 1.69. The molecule has 0 unspecified atom stereocenters. The average Bonchev–Trinajstić information content (AvgIpc) is 2.86. The van der Waals surface area contributed by atoms with Crippen LogP contribution in [0.4, 0.5) is 0 Å². The lowest BCUT2D eigenvalue weighted by molar-refractivity contribution is 0.867. The number of hydrogen-bond donors (Lipinski definition) is 0. The van der Waals surface area contributed by atoms with E-state index in [0.717, 1.165) is 5.52 Å². The van der Waals surface area contributed by atoms with Gasteiger partial charge in [-0.2, -0.15) is 0 Å². The van der Waals surface area contributed by atoms with Gasteiger partial charge in [0.15, 0.2) is 0 Å². The molecule has 0 aliphatic heterocycles. The van der Waals surface area contributed by atoms with E-state index >= 15 is 0 Å². The Balaban J connectivity index is 2.02. The molecule has 0 saturated carbocycles. The van der Waals surface area contributed by atoms with Gasteiger partial charge in [-0.15, -0.1) is 11.3 Å². The van der Waals surface area contributed by atoms with E-state index in [0.29, 0.717) is 5.92 Å². The van der Waals surface area contributed by atoms with Crippen LogP contribution in [0.25, 0.3) is 21.3 Å². The molecule has 0 aliphatic rings. The van der Waals surface area contributed by atoms with Crippen molar-refractivity contribution in [2.45, 2.75) is 19.8 Å². The predicted molar refractivity (Wildman–Crippen MR) is 79.1 cm³/mol. The number of nitrogens with zero attached hydrogens (tertiary/aromatic N) is 1. The molecule has 3 aromatic rings. The molecule has 0 atom stereocenters. The van der Waals surface area contributed by atoms with Crippen LogP contribution in [0, 0.1) is 0 Å². The number of fused-ring (bicyclic) bond motifs is 1. The van der Waals surface area contributed by atoms with Crippen molar-refractivity contribution in [3.05, 3.63) is 53.5 Å². The van der Waals surface area contributed by atoms with Crippen molar-refractivity contribution >= 4 is 21.6 Å². The summed E-state index contributed by atoms with van der Waals surface area (Å²) in [6.07, 6.45) is 0. The topological polar surface area (TPSA) is 12.9 Å². The number of benzene rings is 2. The summed E-state index contributed by atoms with van der Waals surface area (Å²) in [6.45, 7) is 4.44. The van der Waals surface area contributed by atoms with Gasteiger partial charge in [0.1, 0.15) is 0 Å². The third kappa shape index (κ3) is 2.04. The Morgan fingerprint density at radius 3 is 2.39 bits per heavy atom. The Morgan fingerprint density at radius 2 is 1.67 bits per heavy atom. The Kier molecular flexibility index (Phi) is 2.88. The maximum Gasteiger partial charge on any atom is 0.0812 e. The highest BCUT2D eigenvalue weighted by atomic mass is 32.1. The molecule has 0 spiro atoms. The molecule has 18 heavy (non-hydrogen) atoms. The van der Waals surface area contributed by atoms with Gasteiger partial charge in [0.05, 0.1) is 15.7 Å². The van der Waals surface area contributed by atoms with Gasteiger partial charge in [-0.05, 0) is 34.7 Å². The molecule has 0 fully saturated rings. The third-order valence-electron chi connectivity index (χ3n) is 3.24. The van der Waals surface area contributed by atoms with Crippen LogP contribution in [0.15, 0.2) is 48.0 Å². The van der Waals surface area contributed by atoms with Crippen molar-refractivity contribution in [1.82, 2.24) is 4.98 Å². The first-order chi connectivity index (χ1) is 8.74. The minimum Gasteiger partial charge on any atom is -0.245 e. The molecule has 0 bridgehead atoms. The van der Waals surface area contributed by atoms with Crippen LogP contribution in [0.2, 0.25) is 0 Å². The number of thiazole rings is 1. The van der Waals surface area contributed by atoms with Crippen LogP contribution in [0.3, 0.4) is 0 Å². The average molecular weight is 253 g/mol. The fourth-order valence-corrected chi connectivity index (χ4v) is 2.81. The van der Waals surface area contributed by atoms with Crippen molar-refractivity contribution in [1.29, 1.82) is 0 Å². The molecule has 0 radical (unpaired) electrons. The SMILES string of the molecule is CC(C)c1ccc(-c2ccc3ncsc3c2)cc1. The highest BCUT2D eigenvalue weighted by Gasteiger charge is 2.03. The van der Waals surface area contributed by atoms with Gasteiger partial charge in [-0.3, -0.25) is 0 Å². The van der Waals surface area contributed by atoms with Crippen LogP contribution in [0.1, 0.15) is 25.3 Å². The van der Waals surface area contributed by atoms with Gasteiger partial charge in [0.2, 0.25) is 0 Å². The van der Waals surface area contributed by atoms with Crippen LogP contribution in [-0.4, -0.2) is 4.98 Å². The second-order valence-electron chi connectivity index (χ2n) is 4.81. The van der Waals surface area contributed by atoms with Gasteiger partial charge < -0.3 is 0 Å². The van der Waals surface area contributed by atoms with E-state index < -0.39 is 0 Å². The van der Waals surface area contributed by atoms with E-state index in [1.807, 2.05) is 5.51 Å². The Morgan fingerprint density at radius 1 is 0.944 bits per heavy atom. The molecule has 3 rings (SSSR count). The Labute approximate surface area is 111 Å². The van der Waals surface area contributed by atoms with Gasteiger partial charge in [-0.1, -0.05) is 44.2 Å². The molecule has 1 heterocycles. The highest BCUT2D eigenvalue weighted by Crippen LogP contribution is 2.27. The largest absolute Gasteiger partial charge is 0.245 e. The summed E-state index contributed by atoms with van der Waals surface area (Å²) in [6, 6.07) is 15.3. The lowest BCUT2D eigenvalue weighted by Gasteiger charge is -2.07. The standard InChI is InChI=1S/C16H15NS/c1-11(2)12-3-5-13(6-4-12)14-7-8-15-16(9-14)18-10-17-15/h3-11H,1-2H3. The van der Waals surface area contributed by atoms with Crippen LogP contribution >= 0.6 is 11.3 Å². The van der Waals surface area contributed by atoms with E-state index in [2.05, 4.69) is 61.3 Å². The fraction of sp³-hybridized carbons (Fsp3) is 0.188. The maximum absolute atomic E-state index is 4.31. The minimum atomic E-state index is 0.586. The maximum atomic E-state index is 4.31. The molecule has 0 N–H and O–H groups in total. The van der Waals surface area contributed by atoms with Gasteiger partial charge >= 0.3 is 0 Å². The molecule has 90 valence electrons. The highest BCUT2D eigenvalue weighted by molar-refractivity contribution is 7.16. The van der Waals surface area contributed by atoms with Gasteiger partial charge in [0, 0.05) is 0 Å². The second kappa shape index (κ2) is 4.54. The summed E-state index contributed by atoms with van der Waals surface area (Å²) in [7, 11) is 0. The van der Waals surface area contributed by atoms with E-state index in [1.165, 1.54) is 21.4 Å².